The maximum atomic E-state index is 15.0. The summed E-state index contributed by atoms with van der Waals surface area (Å²) >= 11 is 0. The molecule has 4 unspecified atom stereocenters. The molecular formula is C28H34F2N2O2. The number of rotatable bonds is 3. The number of nitrogens with zero attached hydrogens (tertiary/aromatic N) is 2. The molecule has 34 heavy (non-hydrogen) atoms. The van der Waals surface area contributed by atoms with E-state index < -0.39 is 11.4 Å². The molecule has 6 heteroatoms. The Balaban J connectivity index is 1.50. The van der Waals surface area contributed by atoms with Crippen molar-refractivity contribution < 1.29 is 19.1 Å². The maximum Gasteiger partial charge on any atom is 0.144 e. The van der Waals surface area contributed by atoms with Crippen LogP contribution in [0.1, 0.15) is 81.9 Å². The van der Waals surface area contributed by atoms with E-state index in [0.717, 1.165) is 42.5 Å². The number of hydrogen-bond donors (Lipinski definition) is 2. The lowest BCUT2D eigenvalue weighted by molar-refractivity contribution is -0.118. The Morgan fingerprint density at radius 1 is 1.26 bits per heavy atom. The number of hydrogen-bond acceptors (Lipinski definition) is 4. The second kappa shape index (κ2) is 8.17. The summed E-state index contributed by atoms with van der Waals surface area (Å²) in [5, 5.41) is 32.0. The largest absolute Gasteiger partial charge is 0.389 e. The monoisotopic (exact) mass is 468 g/mol. The van der Waals surface area contributed by atoms with Gasteiger partial charge >= 0.3 is 0 Å². The normalized spacial score (nSPS) is 38.9. The van der Waals surface area contributed by atoms with Gasteiger partial charge in [-0.1, -0.05) is 32.4 Å². The molecule has 2 fully saturated rings. The lowest BCUT2D eigenvalue weighted by atomic mass is 9.49. The Morgan fingerprint density at radius 2 is 2.03 bits per heavy atom. The van der Waals surface area contributed by atoms with Crippen molar-refractivity contribution in [3.63, 3.8) is 0 Å². The van der Waals surface area contributed by atoms with Crippen molar-refractivity contribution in [2.24, 2.45) is 23.2 Å². The second-order valence-corrected chi connectivity index (χ2v) is 11.3. The first-order valence-corrected chi connectivity index (χ1v) is 12.6. The predicted molar refractivity (Wildman–Crippen MR) is 125 cm³/mol. The molecule has 2 N–H and O–H groups in total. The molecule has 1 aromatic carbocycles. The van der Waals surface area contributed by atoms with E-state index in [4.69, 9.17) is 0 Å². The van der Waals surface area contributed by atoms with E-state index in [-0.39, 0.29) is 47.0 Å². The SMILES string of the molecule is CC[C@H]1C[C@@]2(C)C(CC[C@@]2(O)CC2=CC(C)N(O)C=C2F)C2CCc3c(ccc(C#N)c3F)C21. The van der Waals surface area contributed by atoms with Crippen molar-refractivity contribution in [1.82, 2.24) is 5.06 Å². The summed E-state index contributed by atoms with van der Waals surface area (Å²) in [6.07, 6.45) is 7.75. The van der Waals surface area contributed by atoms with Crippen LogP contribution in [0.15, 0.2) is 35.8 Å². The molecule has 4 aliphatic rings. The van der Waals surface area contributed by atoms with E-state index in [2.05, 4.69) is 13.8 Å². The molecular weight excluding hydrogens is 434 g/mol. The molecule has 1 heterocycles. The Morgan fingerprint density at radius 3 is 2.74 bits per heavy atom. The van der Waals surface area contributed by atoms with Gasteiger partial charge in [-0.05, 0) is 85.5 Å². The van der Waals surface area contributed by atoms with Crippen LogP contribution in [-0.2, 0) is 6.42 Å². The summed E-state index contributed by atoms with van der Waals surface area (Å²) in [6.45, 7) is 6.14. The summed E-state index contributed by atoms with van der Waals surface area (Å²) in [4.78, 5) is 0. The summed E-state index contributed by atoms with van der Waals surface area (Å²) in [7, 11) is 0. The van der Waals surface area contributed by atoms with Crippen molar-refractivity contribution in [2.75, 3.05) is 0 Å². The number of nitriles is 1. The average molecular weight is 469 g/mol. The first kappa shape index (κ1) is 23.5. The summed E-state index contributed by atoms with van der Waals surface area (Å²) in [5.41, 5.74) is 0.958. The number of halogens is 2. The van der Waals surface area contributed by atoms with Crippen molar-refractivity contribution in [3.8, 4) is 6.07 Å². The van der Waals surface area contributed by atoms with Crippen molar-refractivity contribution in [2.45, 2.75) is 83.3 Å². The predicted octanol–water partition coefficient (Wildman–Crippen LogP) is 6.14. The number of benzene rings is 1. The van der Waals surface area contributed by atoms with E-state index in [1.165, 1.54) is 0 Å². The van der Waals surface area contributed by atoms with Gasteiger partial charge in [0.1, 0.15) is 17.7 Å². The number of aliphatic hydroxyl groups is 1. The van der Waals surface area contributed by atoms with Crippen LogP contribution in [0.4, 0.5) is 8.78 Å². The minimum Gasteiger partial charge on any atom is -0.389 e. The van der Waals surface area contributed by atoms with Crippen LogP contribution in [0.3, 0.4) is 0 Å². The van der Waals surface area contributed by atoms with Crippen LogP contribution in [-0.4, -0.2) is 27.0 Å². The smallest absolute Gasteiger partial charge is 0.144 e. The molecule has 7 atom stereocenters. The summed E-state index contributed by atoms with van der Waals surface area (Å²) in [5.74, 6) is 0.283. The van der Waals surface area contributed by atoms with E-state index in [9.17, 15) is 20.0 Å². The van der Waals surface area contributed by atoms with Gasteiger partial charge in [-0.25, -0.2) is 8.78 Å². The zero-order chi connectivity index (χ0) is 24.4. The van der Waals surface area contributed by atoms with Crippen LogP contribution < -0.4 is 0 Å². The standard InChI is InChI=1S/C28H34F2N2O2/c1-4-17-12-27(3)23(9-10-28(27,33)13-19-11-16(2)32(34)15-24(19)29)22-8-7-21-20(25(17)22)6-5-18(14-31)26(21)30/h5-6,11,15-17,22-23,25,33-34H,4,7-10,12-13H2,1-3H3/t16?,17-,22?,23?,25?,27-,28+/m0/s1. The number of fused-ring (bicyclic) bond motifs is 5. The van der Waals surface area contributed by atoms with Gasteiger partial charge in [0.25, 0.3) is 0 Å². The minimum atomic E-state index is -1.03. The average Bonchev–Trinajstić information content (AvgIpc) is 3.07. The summed E-state index contributed by atoms with van der Waals surface area (Å²) < 4.78 is 29.8. The molecule has 2 saturated carbocycles. The van der Waals surface area contributed by atoms with Gasteiger partial charge in [-0.3, -0.25) is 10.3 Å². The molecule has 3 aliphatic carbocycles. The topological polar surface area (TPSA) is 67.5 Å². The highest BCUT2D eigenvalue weighted by atomic mass is 19.1. The van der Waals surface area contributed by atoms with Crippen molar-refractivity contribution in [1.29, 1.82) is 5.26 Å². The lowest BCUT2D eigenvalue weighted by Crippen LogP contribution is -2.53. The molecule has 182 valence electrons. The van der Waals surface area contributed by atoms with Gasteiger partial charge in [0.15, 0.2) is 0 Å². The van der Waals surface area contributed by atoms with Gasteiger partial charge in [0.05, 0.1) is 23.4 Å². The highest BCUT2D eigenvalue weighted by Crippen LogP contribution is 2.67. The molecule has 4 nitrogen and oxygen atoms in total. The molecule has 1 aliphatic heterocycles. The third-order valence-electron chi connectivity index (χ3n) is 9.83. The van der Waals surface area contributed by atoms with Gasteiger partial charge < -0.3 is 5.11 Å². The van der Waals surface area contributed by atoms with Crippen molar-refractivity contribution >= 4 is 0 Å². The molecule has 1 aromatic rings. The fraction of sp³-hybridized carbons (Fsp3) is 0.607. The molecule has 0 bridgehead atoms. The Labute approximate surface area is 200 Å². The molecule has 5 rings (SSSR count). The van der Waals surface area contributed by atoms with E-state index in [1.807, 2.05) is 12.1 Å². The van der Waals surface area contributed by atoms with Gasteiger partial charge in [0.2, 0.25) is 0 Å². The molecule has 0 radical (unpaired) electrons. The zero-order valence-electron chi connectivity index (χ0n) is 20.2. The first-order valence-electron chi connectivity index (χ1n) is 12.6. The quantitative estimate of drug-likeness (QED) is 0.559. The molecule has 0 spiro atoms. The minimum absolute atomic E-state index is 0.118. The Bertz CT molecular complexity index is 1110. The fourth-order valence-electron chi connectivity index (χ4n) is 8.02. The first-order chi connectivity index (χ1) is 16.1. The van der Waals surface area contributed by atoms with Crippen LogP contribution >= 0.6 is 0 Å². The van der Waals surface area contributed by atoms with Crippen LogP contribution in [0.2, 0.25) is 0 Å². The molecule has 0 saturated heterocycles. The maximum absolute atomic E-state index is 15.0. The number of allylic oxidation sites excluding steroid dienone is 1. The van der Waals surface area contributed by atoms with Crippen molar-refractivity contribution in [3.05, 3.63) is 58.3 Å². The fourth-order valence-corrected chi connectivity index (χ4v) is 8.02. The molecule has 0 aromatic heterocycles. The highest BCUT2D eigenvalue weighted by Gasteiger charge is 2.63. The Hall–Kier alpha value is -2.23. The third-order valence-corrected chi connectivity index (χ3v) is 9.83. The lowest BCUT2D eigenvalue weighted by Gasteiger charge is -2.56. The summed E-state index contributed by atoms with van der Waals surface area (Å²) in [6, 6.07) is 5.23. The number of hydroxylamine groups is 2. The van der Waals surface area contributed by atoms with E-state index in [1.54, 1.807) is 19.1 Å². The van der Waals surface area contributed by atoms with E-state index in [0.29, 0.717) is 29.9 Å². The highest BCUT2D eigenvalue weighted by molar-refractivity contribution is 5.44. The van der Waals surface area contributed by atoms with Crippen LogP contribution in [0.25, 0.3) is 0 Å². The second-order valence-electron chi connectivity index (χ2n) is 11.3. The zero-order valence-corrected chi connectivity index (χ0v) is 20.2. The molecule has 0 amide bonds. The van der Waals surface area contributed by atoms with Gasteiger partial charge in [-0.15, -0.1) is 0 Å². The van der Waals surface area contributed by atoms with Gasteiger partial charge in [-0.2, -0.15) is 5.26 Å². The van der Waals surface area contributed by atoms with Crippen LogP contribution in [0, 0.1) is 40.3 Å². The Kier molecular flexibility index (Phi) is 5.65. The third kappa shape index (κ3) is 3.27. The van der Waals surface area contributed by atoms with E-state index >= 15 is 4.39 Å². The van der Waals surface area contributed by atoms with Crippen LogP contribution in [0.5, 0.6) is 0 Å². The van der Waals surface area contributed by atoms with Gasteiger partial charge in [0, 0.05) is 11.8 Å².